The Balaban J connectivity index is 2.81. The van der Waals surface area contributed by atoms with E-state index in [1.807, 2.05) is 0 Å². The second-order valence-electron chi connectivity index (χ2n) is 4.25. The normalized spacial score (nSPS) is 12.2. The Bertz CT molecular complexity index is 465. The molecule has 2 rings (SSSR count). The Morgan fingerprint density at radius 1 is 1.29 bits per heavy atom. The molecule has 0 atom stereocenters. The molecule has 0 bridgehead atoms. The highest BCUT2D eigenvalue weighted by atomic mass is 15.3. The first-order valence-electron chi connectivity index (χ1n) is 4.46. The van der Waals surface area contributed by atoms with Gasteiger partial charge in [-0.2, -0.15) is 14.6 Å². The molecule has 5 nitrogen and oxygen atoms in total. The molecule has 0 unspecified atom stereocenters. The summed E-state index contributed by atoms with van der Waals surface area (Å²) in [5, 5.41) is 4.18. The molecule has 0 radical (unpaired) electrons. The van der Waals surface area contributed by atoms with Gasteiger partial charge in [0.05, 0.1) is 18.1 Å². The number of aromatic nitrogens is 4. The molecule has 0 aromatic carbocycles. The third kappa shape index (κ3) is 1.21. The van der Waals surface area contributed by atoms with E-state index in [9.17, 15) is 0 Å². The van der Waals surface area contributed by atoms with Crippen LogP contribution in [0.2, 0.25) is 0 Å². The maximum Gasteiger partial charge on any atom is 0.252 e. The molecule has 0 amide bonds. The summed E-state index contributed by atoms with van der Waals surface area (Å²) in [6.07, 6.45) is 3.23. The molecule has 0 aliphatic carbocycles. The molecule has 0 spiro atoms. The average molecular weight is 191 g/mol. The van der Waals surface area contributed by atoms with Crippen LogP contribution in [0.15, 0.2) is 12.4 Å². The van der Waals surface area contributed by atoms with E-state index in [1.54, 1.807) is 16.9 Å². The van der Waals surface area contributed by atoms with Crippen molar-refractivity contribution in [3.63, 3.8) is 0 Å². The first kappa shape index (κ1) is 8.93. The number of nitrogens with two attached hydrogens (primary N) is 1. The van der Waals surface area contributed by atoms with Crippen molar-refractivity contribution in [2.24, 2.45) is 0 Å². The monoisotopic (exact) mass is 191 g/mol. The van der Waals surface area contributed by atoms with Gasteiger partial charge in [0.15, 0.2) is 0 Å². The molecule has 0 fully saturated rings. The summed E-state index contributed by atoms with van der Waals surface area (Å²) >= 11 is 0. The van der Waals surface area contributed by atoms with Crippen molar-refractivity contribution in [2.75, 3.05) is 5.73 Å². The number of imidazole rings is 1. The van der Waals surface area contributed by atoms with E-state index in [0.29, 0.717) is 11.6 Å². The van der Waals surface area contributed by atoms with Gasteiger partial charge in [0.1, 0.15) is 5.82 Å². The summed E-state index contributed by atoms with van der Waals surface area (Å²) < 4.78 is 1.69. The maximum atomic E-state index is 5.83. The summed E-state index contributed by atoms with van der Waals surface area (Å²) in [6, 6.07) is 0. The zero-order valence-electron chi connectivity index (χ0n) is 8.52. The molecule has 0 aliphatic rings. The number of nitrogens with zero attached hydrogens (tertiary/aromatic N) is 4. The van der Waals surface area contributed by atoms with Gasteiger partial charge in [-0.1, -0.05) is 20.8 Å². The van der Waals surface area contributed by atoms with Crippen LogP contribution in [0.1, 0.15) is 26.5 Å². The van der Waals surface area contributed by atoms with Crippen LogP contribution in [0.5, 0.6) is 0 Å². The maximum absolute atomic E-state index is 5.83. The first-order valence-corrected chi connectivity index (χ1v) is 4.46. The largest absolute Gasteiger partial charge is 0.382 e. The molecule has 2 aromatic rings. The van der Waals surface area contributed by atoms with Crippen molar-refractivity contribution < 1.29 is 0 Å². The zero-order chi connectivity index (χ0) is 10.3. The molecule has 74 valence electrons. The molecular formula is C9H13N5. The summed E-state index contributed by atoms with van der Waals surface area (Å²) in [6.45, 7) is 6.21. The van der Waals surface area contributed by atoms with Gasteiger partial charge in [0.25, 0.3) is 5.78 Å². The Labute approximate surface area is 82.0 Å². The summed E-state index contributed by atoms with van der Waals surface area (Å²) in [4.78, 5) is 8.23. The highest BCUT2D eigenvalue weighted by Gasteiger charge is 2.23. The second-order valence-corrected chi connectivity index (χ2v) is 4.25. The van der Waals surface area contributed by atoms with E-state index in [-0.39, 0.29) is 5.41 Å². The third-order valence-corrected chi connectivity index (χ3v) is 2.01. The lowest BCUT2D eigenvalue weighted by Gasteiger charge is -2.17. The van der Waals surface area contributed by atoms with Gasteiger partial charge in [-0.05, 0) is 0 Å². The van der Waals surface area contributed by atoms with Crippen LogP contribution in [0.3, 0.4) is 0 Å². The van der Waals surface area contributed by atoms with Crippen LogP contribution in [-0.2, 0) is 5.41 Å². The fourth-order valence-corrected chi connectivity index (χ4v) is 1.51. The fourth-order valence-electron chi connectivity index (χ4n) is 1.51. The van der Waals surface area contributed by atoms with Crippen molar-refractivity contribution in [1.29, 1.82) is 0 Å². The predicted molar refractivity (Wildman–Crippen MR) is 53.9 cm³/mol. The predicted octanol–water partition coefficient (Wildman–Crippen LogP) is 1.00. The smallest absolute Gasteiger partial charge is 0.252 e. The van der Waals surface area contributed by atoms with Crippen LogP contribution in [0, 0.1) is 0 Å². The molecule has 14 heavy (non-hydrogen) atoms. The van der Waals surface area contributed by atoms with Crippen molar-refractivity contribution in [1.82, 2.24) is 19.6 Å². The first-order chi connectivity index (χ1) is 6.50. The zero-order valence-corrected chi connectivity index (χ0v) is 8.52. The third-order valence-electron chi connectivity index (χ3n) is 2.01. The topological polar surface area (TPSA) is 69.1 Å². The van der Waals surface area contributed by atoms with Gasteiger partial charge in [-0.15, -0.1) is 0 Å². The van der Waals surface area contributed by atoms with Gasteiger partial charge < -0.3 is 5.73 Å². The molecular weight excluding hydrogens is 178 g/mol. The highest BCUT2D eigenvalue weighted by Crippen LogP contribution is 2.26. The number of fused-ring (bicyclic) bond motifs is 1. The molecule has 2 aromatic heterocycles. The second kappa shape index (κ2) is 2.67. The molecule has 5 heteroatoms. The van der Waals surface area contributed by atoms with Crippen LogP contribution in [0.25, 0.3) is 5.78 Å². The van der Waals surface area contributed by atoms with Gasteiger partial charge in [0.2, 0.25) is 0 Å². The Morgan fingerprint density at radius 2 is 2.00 bits per heavy atom. The molecule has 0 saturated heterocycles. The Kier molecular flexibility index (Phi) is 1.70. The van der Waals surface area contributed by atoms with Crippen LogP contribution >= 0.6 is 0 Å². The van der Waals surface area contributed by atoms with E-state index in [0.717, 1.165) is 5.69 Å². The fraction of sp³-hybridized carbons (Fsp3) is 0.444. The molecule has 0 aliphatic heterocycles. The average Bonchev–Trinajstić information content (AvgIpc) is 2.38. The number of nitrogen functional groups attached to an aromatic ring is 1. The number of rotatable bonds is 0. The van der Waals surface area contributed by atoms with Crippen molar-refractivity contribution in [3.8, 4) is 0 Å². The highest BCUT2D eigenvalue weighted by molar-refractivity contribution is 5.48. The van der Waals surface area contributed by atoms with Gasteiger partial charge in [-0.3, -0.25) is 0 Å². The number of anilines is 1. The SMILES string of the molecule is CC(C)(C)c1c(N)nc2nccnn12. The van der Waals surface area contributed by atoms with Crippen LogP contribution in [-0.4, -0.2) is 19.6 Å². The van der Waals surface area contributed by atoms with E-state index < -0.39 is 0 Å². The minimum atomic E-state index is -0.0838. The van der Waals surface area contributed by atoms with E-state index in [1.165, 1.54) is 0 Å². The lowest BCUT2D eigenvalue weighted by atomic mass is 9.92. The van der Waals surface area contributed by atoms with Gasteiger partial charge in [0, 0.05) is 5.41 Å². The van der Waals surface area contributed by atoms with Crippen LogP contribution in [0.4, 0.5) is 5.82 Å². The lowest BCUT2D eigenvalue weighted by Crippen LogP contribution is -2.17. The van der Waals surface area contributed by atoms with Gasteiger partial charge >= 0.3 is 0 Å². The summed E-state index contributed by atoms with van der Waals surface area (Å²) in [5.74, 6) is 1.05. The summed E-state index contributed by atoms with van der Waals surface area (Å²) in [7, 11) is 0. The van der Waals surface area contributed by atoms with E-state index in [4.69, 9.17) is 5.73 Å². The number of hydrogen-bond acceptors (Lipinski definition) is 4. The number of hydrogen-bond donors (Lipinski definition) is 1. The quantitative estimate of drug-likeness (QED) is 0.674. The van der Waals surface area contributed by atoms with Crippen molar-refractivity contribution >= 4 is 11.6 Å². The van der Waals surface area contributed by atoms with Gasteiger partial charge in [-0.25, -0.2) is 4.98 Å². The minimum Gasteiger partial charge on any atom is -0.382 e. The van der Waals surface area contributed by atoms with Crippen molar-refractivity contribution in [3.05, 3.63) is 18.1 Å². The van der Waals surface area contributed by atoms with E-state index >= 15 is 0 Å². The molecule has 2 heterocycles. The molecule has 0 saturated carbocycles. The van der Waals surface area contributed by atoms with E-state index in [2.05, 4.69) is 35.8 Å². The minimum absolute atomic E-state index is 0.0838. The Morgan fingerprint density at radius 3 is 2.64 bits per heavy atom. The lowest BCUT2D eigenvalue weighted by molar-refractivity contribution is 0.552. The van der Waals surface area contributed by atoms with Crippen LogP contribution < -0.4 is 5.73 Å². The van der Waals surface area contributed by atoms with Crippen molar-refractivity contribution in [2.45, 2.75) is 26.2 Å². The summed E-state index contributed by atoms with van der Waals surface area (Å²) in [5.41, 5.74) is 6.65. The standard InChI is InChI=1S/C9H13N5/c1-9(2,3)6-7(10)13-8-11-4-5-12-14(6)8/h4-5H,10H2,1-3H3. The molecule has 2 N–H and O–H groups in total. The Hall–Kier alpha value is -1.65.